The molecule has 0 unspecified atom stereocenters. The quantitative estimate of drug-likeness (QED) is 0.677. The molecule has 0 aliphatic rings. The summed E-state index contributed by atoms with van der Waals surface area (Å²) in [6.07, 6.45) is -2.87. The van der Waals surface area contributed by atoms with Crippen LogP contribution >= 0.6 is 0 Å². The number of hydrogen-bond donors (Lipinski definition) is 0. The number of rotatable bonds is 2. The smallest absolute Gasteiger partial charge is 0.309 e. The lowest BCUT2D eigenvalue weighted by atomic mass is 10.1. The highest BCUT2D eigenvalue weighted by atomic mass is 19.4. The predicted octanol–water partition coefficient (Wildman–Crippen LogP) is 4.59. The van der Waals surface area contributed by atoms with E-state index >= 15 is 0 Å². The molecule has 25 heavy (non-hydrogen) atoms. The SMILES string of the molecule is CC.CC(C)c1cnc2nc(-c3cccc(C(F)(F)F)n3)n(C)c2n1. The molecule has 0 N–H and O–H groups in total. The van der Waals surface area contributed by atoms with Crippen molar-refractivity contribution < 1.29 is 13.2 Å². The fourth-order valence-electron chi connectivity index (χ4n) is 2.19. The van der Waals surface area contributed by atoms with Crippen molar-refractivity contribution >= 4 is 11.3 Å². The first-order valence-electron chi connectivity index (χ1n) is 8.01. The second-order valence-corrected chi connectivity index (χ2v) is 5.50. The number of hydrogen-bond acceptors (Lipinski definition) is 4. The fraction of sp³-hybridized carbons (Fsp3) is 0.412. The van der Waals surface area contributed by atoms with Gasteiger partial charge in [0.05, 0.1) is 11.9 Å². The molecule has 0 bridgehead atoms. The first kappa shape index (κ1) is 18.8. The minimum atomic E-state index is -4.50. The van der Waals surface area contributed by atoms with Gasteiger partial charge in [0.1, 0.15) is 11.4 Å². The van der Waals surface area contributed by atoms with Crippen LogP contribution in [-0.4, -0.2) is 24.5 Å². The Labute approximate surface area is 144 Å². The van der Waals surface area contributed by atoms with Gasteiger partial charge in [0.2, 0.25) is 0 Å². The molecule has 3 aromatic heterocycles. The van der Waals surface area contributed by atoms with Crippen LogP contribution in [0.1, 0.15) is 45.0 Å². The van der Waals surface area contributed by atoms with Crippen LogP contribution in [0.3, 0.4) is 0 Å². The summed E-state index contributed by atoms with van der Waals surface area (Å²) in [6, 6.07) is 3.73. The molecule has 0 atom stereocenters. The van der Waals surface area contributed by atoms with Crippen molar-refractivity contribution in [2.24, 2.45) is 7.05 Å². The van der Waals surface area contributed by atoms with E-state index in [2.05, 4.69) is 19.9 Å². The molecule has 0 aliphatic carbocycles. The zero-order valence-electron chi connectivity index (χ0n) is 14.8. The molecule has 3 rings (SSSR count). The summed E-state index contributed by atoms with van der Waals surface area (Å²) < 4.78 is 40.1. The van der Waals surface area contributed by atoms with Crippen molar-refractivity contribution in [3.05, 3.63) is 35.8 Å². The van der Waals surface area contributed by atoms with Gasteiger partial charge in [-0.15, -0.1) is 0 Å². The maximum absolute atomic E-state index is 12.8. The molecular formula is C17H20F3N5. The highest BCUT2D eigenvalue weighted by molar-refractivity contribution is 5.72. The lowest BCUT2D eigenvalue weighted by molar-refractivity contribution is -0.141. The van der Waals surface area contributed by atoms with Crippen LogP contribution in [0.15, 0.2) is 24.4 Å². The molecule has 0 fully saturated rings. The largest absolute Gasteiger partial charge is 0.433 e. The molecule has 0 spiro atoms. The van der Waals surface area contributed by atoms with Gasteiger partial charge in [-0.1, -0.05) is 33.8 Å². The monoisotopic (exact) mass is 351 g/mol. The molecule has 0 amide bonds. The highest BCUT2D eigenvalue weighted by Crippen LogP contribution is 2.29. The molecule has 3 aromatic rings. The van der Waals surface area contributed by atoms with Crippen molar-refractivity contribution in [1.82, 2.24) is 24.5 Å². The Morgan fingerprint density at radius 2 is 1.72 bits per heavy atom. The number of halogens is 3. The summed E-state index contributed by atoms with van der Waals surface area (Å²) in [5.41, 5.74) is 0.875. The van der Waals surface area contributed by atoms with E-state index in [9.17, 15) is 13.2 Å². The number of nitrogens with zero attached hydrogens (tertiary/aromatic N) is 5. The Hall–Kier alpha value is -2.51. The summed E-state index contributed by atoms with van der Waals surface area (Å²) in [6.45, 7) is 7.98. The third-order valence-corrected chi connectivity index (χ3v) is 3.46. The summed E-state index contributed by atoms with van der Waals surface area (Å²) in [5.74, 6) is 0.490. The first-order chi connectivity index (χ1) is 11.8. The molecule has 5 nitrogen and oxygen atoms in total. The van der Waals surface area contributed by atoms with Gasteiger partial charge in [0.15, 0.2) is 17.1 Å². The van der Waals surface area contributed by atoms with Crippen LogP contribution in [0.4, 0.5) is 13.2 Å². The van der Waals surface area contributed by atoms with E-state index in [0.717, 1.165) is 11.8 Å². The highest BCUT2D eigenvalue weighted by Gasteiger charge is 2.32. The zero-order chi connectivity index (χ0) is 18.8. The number of alkyl halides is 3. The third kappa shape index (κ3) is 3.78. The zero-order valence-corrected chi connectivity index (χ0v) is 14.8. The predicted molar refractivity (Wildman–Crippen MR) is 90.0 cm³/mol. The van der Waals surface area contributed by atoms with E-state index in [1.165, 1.54) is 12.1 Å². The average molecular weight is 351 g/mol. The van der Waals surface area contributed by atoms with Gasteiger partial charge in [-0.05, 0) is 18.1 Å². The molecule has 0 aromatic carbocycles. The van der Waals surface area contributed by atoms with Gasteiger partial charge in [0, 0.05) is 7.05 Å². The molecule has 0 radical (unpaired) electrons. The average Bonchev–Trinajstić information content (AvgIpc) is 2.92. The Morgan fingerprint density at radius 1 is 1.04 bits per heavy atom. The minimum Gasteiger partial charge on any atom is -0.309 e. The number of aromatic nitrogens is 5. The van der Waals surface area contributed by atoms with Crippen molar-refractivity contribution in [2.75, 3.05) is 0 Å². The topological polar surface area (TPSA) is 56.5 Å². The standard InChI is InChI=1S/C15H14F3N5.C2H6/c1-8(2)10-7-19-12-14(21-10)23(3)13(22-12)9-5-4-6-11(20-9)15(16,17)18;1-2/h4-8H,1-3H3;1-2H3. The van der Waals surface area contributed by atoms with E-state index in [0.29, 0.717) is 17.1 Å². The normalized spacial score (nSPS) is 11.6. The minimum absolute atomic E-state index is 0.133. The number of fused-ring (bicyclic) bond motifs is 1. The molecule has 134 valence electrons. The Bertz CT molecular complexity index is 868. The van der Waals surface area contributed by atoms with Crippen molar-refractivity contribution in [3.8, 4) is 11.5 Å². The summed E-state index contributed by atoms with van der Waals surface area (Å²) in [4.78, 5) is 16.6. The van der Waals surface area contributed by atoms with Crippen LogP contribution < -0.4 is 0 Å². The summed E-state index contributed by atoms with van der Waals surface area (Å²) in [7, 11) is 1.69. The molecule has 8 heteroatoms. The van der Waals surface area contributed by atoms with Crippen LogP contribution in [-0.2, 0) is 13.2 Å². The van der Waals surface area contributed by atoms with Gasteiger partial charge >= 0.3 is 6.18 Å². The van der Waals surface area contributed by atoms with Gasteiger partial charge < -0.3 is 4.57 Å². The van der Waals surface area contributed by atoms with Crippen molar-refractivity contribution in [2.45, 2.75) is 39.8 Å². The van der Waals surface area contributed by atoms with Crippen LogP contribution in [0, 0.1) is 0 Å². The van der Waals surface area contributed by atoms with E-state index in [1.54, 1.807) is 17.8 Å². The summed E-state index contributed by atoms with van der Waals surface area (Å²) >= 11 is 0. The Balaban J connectivity index is 0.00000109. The maximum atomic E-state index is 12.8. The molecule has 3 heterocycles. The van der Waals surface area contributed by atoms with Gasteiger partial charge in [-0.25, -0.2) is 19.9 Å². The lowest BCUT2D eigenvalue weighted by Gasteiger charge is -2.07. The van der Waals surface area contributed by atoms with Crippen LogP contribution in [0.2, 0.25) is 0 Å². The molecule has 0 aliphatic heterocycles. The Morgan fingerprint density at radius 3 is 2.32 bits per heavy atom. The van der Waals surface area contributed by atoms with Gasteiger partial charge in [-0.3, -0.25) is 0 Å². The Kier molecular flexibility index (Phi) is 5.39. The molecule has 0 saturated heterocycles. The lowest BCUT2D eigenvalue weighted by Crippen LogP contribution is -2.08. The molecular weight excluding hydrogens is 331 g/mol. The number of aryl methyl sites for hydroxylation is 1. The summed E-state index contributed by atoms with van der Waals surface area (Å²) in [5, 5.41) is 0. The first-order valence-corrected chi connectivity index (χ1v) is 8.01. The fourth-order valence-corrected chi connectivity index (χ4v) is 2.19. The van der Waals surface area contributed by atoms with Gasteiger partial charge in [0.25, 0.3) is 0 Å². The van der Waals surface area contributed by atoms with E-state index in [1.807, 2.05) is 27.7 Å². The second-order valence-electron chi connectivity index (χ2n) is 5.50. The van der Waals surface area contributed by atoms with E-state index in [4.69, 9.17) is 0 Å². The second kappa shape index (κ2) is 7.16. The number of imidazole rings is 1. The molecule has 0 saturated carbocycles. The van der Waals surface area contributed by atoms with Gasteiger partial charge in [-0.2, -0.15) is 13.2 Å². The van der Waals surface area contributed by atoms with Crippen LogP contribution in [0.5, 0.6) is 0 Å². The van der Waals surface area contributed by atoms with E-state index < -0.39 is 11.9 Å². The number of pyridine rings is 1. The van der Waals surface area contributed by atoms with Crippen molar-refractivity contribution in [1.29, 1.82) is 0 Å². The third-order valence-electron chi connectivity index (χ3n) is 3.46. The van der Waals surface area contributed by atoms with E-state index in [-0.39, 0.29) is 11.6 Å². The maximum Gasteiger partial charge on any atom is 0.433 e. The van der Waals surface area contributed by atoms with Crippen LogP contribution in [0.25, 0.3) is 22.8 Å². The van der Waals surface area contributed by atoms with Crippen molar-refractivity contribution in [3.63, 3.8) is 0 Å².